The van der Waals surface area contributed by atoms with Crippen molar-refractivity contribution in [2.45, 2.75) is 32.0 Å². The summed E-state index contributed by atoms with van der Waals surface area (Å²) in [5.74, 6) is 0.883. The van der Waals surface area contributed by atoms with Gasteiger partial charge in [-0.3, -0.25) is 4.99 Å². The molecule has 2 unspecified atom stereocenters. The third-order valence-electron chi connectivity index (χ3n) is 3.78. The zero-order valence-corrected chi connectivity index (χ0v) is 15.0. The van der Waals surface area contributed by atoms with E-state index in [9.17, 15) is 4.39 Å². The van der Waals surface area contributed by atoms with Crippen molar-refractivity contribution < 1.29 is 18.6 Å². The van der Waals surface area contributed by atoms with Crippen LogP contribution in [0.5, 0.6) is 5.75 Å². The molecule has 1 saturated heterocycles. The molecule has 1 heterocycles. The zero-order chi connectivity index (χ0) is 17.9. The minimum atomic E-state index is -0.307. The van der Waals surface area contributed by atoms with Gasteiger partial charge < -0.3 is 24.8 Å². The van der Waals surface area contributed by atoms with Gasteiger partial charge in [0.15, 0.2) is 5.96 Å². The van der Waals surface area contributed by atoms with Gasteiger partial charge in [0.25, 0.3) is 0 Å². The molecule has 25 heavy (non-hydrogen) atoms. The number of aliphatic imine (C=N–C) groups is 1. The first kappa shape index (κ1) is 19.5. The molecule has 2 N–H and O–H groups in total. The number of rotatable bonds is 9. The lowest BCUT2D eigenvalue weighted by atomic mass is 10.2. The average Bonchev–Trinajstić information content (AvgIpc) is 3.10. The van der Waals surface area contributed by atoms with Crippen LogP contribution in [0.4, 0.5) is 4.39 Å². The smallest absolute Gasteiger partial charge is 0.191 e. The van der Waals surface area contributed by atoms with Crippen LogP contribution >= 0.6 is 0 Å². The lowest BCUT2D eigenvalue weighted by Crippen LogP contribution is -2.43. The van der Waals surface area contributed by atoms with Crippen molar-refractivity contribution in [1.82, 2.24) is 10.6 Å². The number of hydrogen-bond acceptors (Lipinski definition) is 4. The van der Waals surface area contributed by atoms with E-state index in [4.69, 9.17) is 14.2 Å². The minimum absolute atomic E-state index is 0.129. The maximum atomic E-state index is 13.1. The molecule has 1 aromatic rings. The number of nitrogens with zero attached hydrogens (tertiary/aromatic N) is 1. The molecule has 140 valence electrons. The maximum Gasteiger partial charge on any atom is 0.191 e. The topological polar surface area (TPSA) is 64.1 Å². The van der Waals surface area contributed by atoms with Crippen LogP contribution in [-0.4, -0.2) is 58.1 Å². The number of hydrogen-bond donors (Lipinski definition) is 2. The fraction of sp³-hybridized carbons (Fsp3) is 0.611. The van der Waals surface area contributed by atoms with E-state index in [1.165, 1.54) is 12.1 Å². The Hall–Kier alpha value is -1.86. The molecule has 0 bridgehead atoms. The fourth-order valence-corrected chi connectivity index (χ4v) is 2.51. The molecule has 6 nitrogen and oxygen atoms in total. The first-order chi connectivity index (χ1) is 12.2. The monoisotopic (exact) mass is 353 g/mol. The molecular formula is C18H28FN3O3. The average molecular weight is 353 g/mol. The van der Waals surface area contributed by atoms with Crippen molar-refractivity contribution in [2.75, 3.05) is 40.0 Å². The van der Waals surface area contributed by atoms with Crippen LogP contribution in [0, 0.1) is 5.82 Å². The van der Waals surface area contributed by atoms with E-state index < -0.39 is 0 Å². The van der Waals surface area contributed by atoms with E-state index >= 15 is 0 Å². The van der Waals surface area contributed by atoms with Crippen molar-refractivity contribution in [2.24, 2.45) is 4.99 Å². The SMILES string of the molecule is CN=C(NCCOCC1CCCO1)NCC(C)Oc1cccc(F)c1. The first-order valence-corrected chi connectivity index (χ1v) is 8.73. The van der Waals surface area contributed by atoms with Crippen LogP contribution in [0.2, 0.25) is 0 Å². The van der Waals surface area contributed by atoms with Gasteiger partial charge in [0.1, 0.15) is 17.7 Å². The fourth-order valence-electron chi connectivity index (χ4n) is 2.51. The quantitative estimate of drug-likeness (QED) is 0.404. The number of ether oxygens (including phenoxy) is 3. The Bertz CT molecular complexity index is 536. The van der Waals surface area contributed by atoms with Gasteiger partial charge in [0, 0.05) is 26.3 Å². The third kappa shape index (κ3) is 7.70. The molecular weight excluding hydrogens is 325 g/mol. The highest BCUT2D eigenvalue weighted by Gasteiger charge is 2.15. The number of benzene rings is 1. The van der Waals surface area contributed by atoms with Crippen molar-refractivity contribution >= 4 is 5.96 Å². The van der Waals surface area contributed by atoms with Crippen molar-refractivity contribution in [3.8, 4) is 5.75 Å². The predicted octanol–water partition coefficient (Wildman–Crippen LogP) is 1.95. The van der Waals surface area contributed by atoms with E-state index in [0.29, 0.717) is 38.0 Å². The predicted molar refractivity (Wildman–Crippen MR) is 95.6 cm³/mol. The van der Waals surface area contributed by atoms with E-state index in [1.54, 1.807) is 19.2 Å². The Morgan fingerprint density at radius 3 is 3.04 bits per heavy atom. The second-order valence-electron chi connectivity index (χ2n) is 5.98. The van der Waals surface area contributed by atoms with Crippen molar-refractivity contribution in [1.29, 1.82) is 0 Å². The van der Waals surface area contributed by atoms with E-state index in [1.807, 2.05) is 6.92 Å². The molecule has 0 amide bonds. The Labute approximate surface area is 148 Å². The summed E-state index contributed by atoms with van der Waals surface area (Å²) in [7, 11) is 1.71. The molecule has 1 aliphatic heterocycles. The second kappa shape index (κ2) is 10.9. The summed E-state index contributed by atoms with van der Waals surface area (Å²) in [6, 6.07) is 6.12. The molecule has 0 spiro atoms. The van der Waals surface area contributed by atoms with Crippen LogP contribution in [0.15, 0.2) is 29.3 Å². The summed E-state index contributed by atoms with van der Waals surface area (Å²) in [5, 5.41) is 6.36. The number of guanidine groups is 1. The number of halogens is 1. The van der Waals surface area contributed by atoms with Gasteiger partial charge in [-0.2, -0.15) is 0 Å². The van der Waals surface area contributed by atoms with Crippen LogP contribution < -0.4 is 15.4 Å². The van der Waals surface area contributed by atoms with Gasteiger partial charge in [-0.05, 0) is 31.9 Å². The molecule has 0 aliphatic carbocycles. The zero-order valence-electron chi connectivity index (χ0n) is 15.0. The van der Waals surface area contributed by atoms with Crippen LogP contribution in [0.1, 0.15) is 19.8 Å². The van der Waals surface area contributed by atoms with Gasteiger partial charge >= 0.3 is 0 Å². The Morgan fingerprint density at radius 2 is 2.32 bits per heavy atom. The van der Waals surface area contributed by atoms with E-state index in [-0.39, 0.29) is 18.0 Å². The highest BCUT2D eigenvalue weighted by Crippen LogP contribution is 2.13. The van der Waals surface area contributed by atoms with Gasteiger partial charge in [-0.1, -0.05) is 6.07 Å². The summed E-state index contributed by atoms with van der Waals surface area (Å²) in [6.07, 6.45) is 2.33. The molecule has 2 rings (SSSR count). The number of nitrogens with one attached hydrogen (secondary N) is 2. The second-order valence-corrected chi connectivity index (χ2v) is 5.98. The summed E-state index contributed by atoms with van der Waals surface area (Å²) in [4.78, 5) is 4.15. The molecule has 1 aromatic carbocycles. The summed E-state index contributed by atoms with van der Waals surface area (Å²) < 4.78 is 29.9. The highest BCUT2D eigenvalue weighted by molar-refractivity contribution is 5.79. The molecule has 1 aliphatic rings. The van der Waals surface area contributed by atoms with Crippen molar-refractivity contribution in [3.63, 3.8) is 0 Å². The lowest BCUT2D eigenvalue weighted by Gasteiger charge is -2.18. The van der Waals surface area contributed by atoms with Gasteiger partial charge in [0.2, 0.25) is 0 Å². The minimum Gasteiger partial charge on any atom is -0.489 e. The van der Waals surface area contributed by atoms with Gasteiger partial charge in [0.05, 0.1) is 25.9 Å². The van der Waals surface area contributed by atoms with Gasteiger partial charge in [-0.15, -0.1) is 0 Å². The van der Waals surface area contributed by atoms with Crippen LogP contribution in [-0.2, 0) is 9.47 Å². The lowest BCUT2D eigenvalue weighted by molar-refractivity contribution is 0.0191. The van der Waals surface area contributed by atoms with E-state index in [2.05, 4.69) is 15.6 Å². The summed E-state index contributed by atoms with van der Waals surface area (Å²) >= 11 is 0. The molecule has 2 atom stereocenters. The molecule has 1 fully saturated rings. The van der Waals surface area contributed by atoms with Crippen LogP contribution in [0.25, 0.3) is 0 Å². The summed E-state index contributed by atoms with van der Waals surface area (Å²) in [6.45, 7) is 5.20. The Balaban J connectivity index is 1.57. The Morgan fingerprint density at radius 1 is 1.44 bits per heavy atom. The largest absolute Gasteiger partial charge is 0.489 e. The maximum absolute atomic E-state index is 13.1. The van der Waals surface area contributed by atoms with Crippen LogP contribution in [0.3, 0.4) is 0 Å². The third-order valence-corrected chi connectivity index (χ3v) is 3.78. The molecule has 0 saturated carbocycles. The molecule has 7 heteroatoms. The van der Waals surface area contributed by atoms with Gasteiger partial charge in [-0.25, -0.2) is 4.39 Å². The normalized spacial score (nSPS) is 18.8. The van der Waals surface area contributed by atoms with Crippen molar-refractivity contribution in [3.05, 3.63) is 30.1 Å². The molecule has 0 aromatic heterocycles. The van der Waals surface area contributed by atoms with E-state index in [0.717, 1.165) is 19.4 Å². The highest BCUT2D eigenvalue weighted by atomic mass is 19.1. The molecule has 0 radical (unpaired) electrons. The summed E-state index contributed by atoms with van der Waals surface area (Å²) in [5.41, 5.74) is 0. The Kier molecular flexibility index (Phi) is 8.48. The standard InChI is InChI=1S/C18H28FN3O3/c1-14(25-16-6-3-5-15(19)11-16)12-22-18(20-2)21-8-10-23-13-17-7-4-9-24-17/h3,5-6,11,14,17H,4,7-10,12-13H2,1-2H3,(H2,20,21,22). The first-order valence-electron chi connectivity index (χ1n) is 8.73.